The third-order valence-corrected chi connectivity index (χ3v) is 4.57. The highest BCUT2D eigenvalue weighted by Gasteiger charge is 2.41. The first-order chi connectivity index (χ1) is 8.37. The van der Waals surface area contributed by atoms with Gasteiger partial charge in [-0.05, 0) is 31.6 Å². The fourth-order valence-electron chi connectivity index (χ4n) is 2.69. The smallest absolute Gasteiger partial charge is 0.235 e. The predicted molar refractivity (Wildman–Crippen MR) is 76.2 cm³/mol. The molecule has 0 saturated heterocycles. The molecule has 1 amide bonds. The highest BCUT2D eigenvalue weighted by molar-refractivity contribution is 7.80. The molecule has 4 nitrogen and oxygen atoms in total. The lowest BCUT2D eigenvalue weighted by atomic mass is 9.79. The molecule has 0 aromatic rings. The summed E-state index contributed by atoms with van der Waals surface area (Å²) in [7, 11) is 1.80. The van der Waals surface area contributed by atoms with Gasteiger partial charge in [0.15, 0.2) is 0 Å². The van der Waals surface area contributed by atoms with E-state index >= 15 is 0 Å². The Labute approximate surface area is 115 Å². The molecule has 1 rings (SSSR count). The van der Waals surface area contributed by atoms with Gasteiger partial charge in [0.05, 0.1) is 16.5 Å². The van der Waals surface area contributed by atoms with E-state index < -0.39 is 5.41 Å². The van der Waals surface area contributed by atoms with Crippen LogP contribution in [0.1, 0.15) is 39.5 Å². The second-order valence-corrected chi connectivity index (χ2v) is 5.77. The van der Waals surface area contributed by atoms with Crippen molar-refractivity contribution in [2.45, 2.75) is 45.6 Å². The molecule has 1 aliphatic carbocycles. The molecule has 1 fully saturated rings. The number of thiocarbonyl (C=S) groups is 1. The molecule has 5 heteroatoms. The molecular formula is C13H24N2O2S. The quantitative estimate of drug-likeness (QED) is 0.715. The fraction of sp³-hybridized carbons (Fsp3) is 0.846. The number of rotatable bonds is 6. The lowest BCUT2D eigenvalue weighted by molar-refractivity contribution is -0.139. The van der Waals surface area contributed by atoms with E-state index in [-0.39, 0.29) is 17.0 Å². The van der Waals surface area contributed by atoms with Crippen molar-refractivity contribution >= 4 is 23.1 Å². The van der Waals surface area contributed by atoms with Crippen LogP contribution in [-0.2, 0) is 4.79 Å². The molecule has 0 aromatic heterocycles. The Bertz CT molecular complexity index is 323. The highest BCUT2D eigenvalue weighted by Crippen LogP contribution is 2.32. The number of carbonyl (C=O) groups is 1. The van der Waals surface area contributed by atoms with Gasteiger partial charge in [0.25, 0.3) is 0 Å². The van der Waals surface area contributed by atoms with E-state index in [0.717, 1.165) is 12.8 Å². The normalized spacial score (nSPS) is 23.3. The van der Waals surface area contributed by atoms with Crippen LogP contribution in [0, 0.1) is 11.3 Å². The Morgan fingerprint density at radius 1 is 1.44 bits per heavy atom. The molecule has 0 aromatic carbocycles. The number of hydrogen-bond acceptors (Lipinski definition) is 3. The van der Waals surface area contributed by atoms with Crippen LogP contribution in [0.2, 0.25) is 0 Å². The topological polar surface area (TPSA) is 66.6 Å². The summed E-state index contributed by atoms with van der Waals surface area (Å²) in [5, 5.41) is 9.27. The van der Waals surface area contributed by atoms with E-state index in [4.69, 9.17) is 18.0 Å². The summed E-state index contributed by atoms with van der Waals surface area (Å²) in [6, 6.07) is 0. The maximum Gasteiger partial charge on any atom is 0.235 e. The molecule has 0 spiro atoms. The average Bonchev–Trinajstić information content (AvgIpc) is 2.28. The summed E-state index contributed by atoms with van der Waals surface area (Å²) in [6.45, 7) is 4.57. The van der Waals surface area contributed by atoms with Crippen LogP contribution in [0.4, 0.5) is 0 Å². The van der Waals surface area contributed by atoms with Gasteiger partial charge in [0.2, 0.25) is 5.91 Å². The monoisotopic (exact) mass is 272 g/mol. The van der Waals surface area contributed by atoms with Gasteiger partial charge in [-0.15, -0.1) is 0 Å². The van der Waals surface area contributed by atoms with Crippen LogP contribution in [0.15, 0.2) is 0 Å². The second kappa shape index (κ2) is 5.97. The predicted octanol–water partition coefficient (Wildman–Crippen LogP) is 1.31. The Hall–Kier alpha value is -0.680. The zero-order valence-corrected chi connectivity index (χ0v) is 12.3. The van der Waals surface area contributed by atoms with Crippen molar-refractivity contribution in [1.82, 2.24) is 4.90 Å². The van der Waals surface area contributed by atoms with Gasteiger partial charge >= 0.3 is 0 Å². The standard InChI is InChI=1S/C13H24N2O2S/c1-4-13(5-2,11(14)18)12(17)15(3)8-9-6-10(16)7-9/h9-10,16H,4-8H2,1-3H3,(H2,14,18). The van der Waals surface area contributed by atoms with Crippen LogP contribution >= 0.6 is 12.2 Å². The highest BCUT2D eigenvalue weighted by atomic mass is 32.1. The molecule has 0 unspecified atom stereocenters. The molecule has 1 saturated carbocycles. The second-order valence-electron chi connectivity index (χ2n) is 5.33. The molecule has 0 radical (unpaired) electrons. The fourth-order valence-corrected chi connectivity index (χ4v) is 3.07. The lowest BCUT2D eigenvalue weighted by Crippen LogP contribution is -2.51. The van der Waals surface area contributed by atoms with E-state index in [2.05, 4.69) is 0 Å². The number of carbonyl (C=O) groups excluding carboxylic acids is 1. The summed E-state index contributed by atoms with van der Waals surface area (Å²) in [5.41, 5.74) is 5.07. The van der Waals surface area contributed by atoms with Crippen molar-refractivity contribution in [3.63, 3.8) is 0 Å². The molecular weight excluding hydrogens is 248 g/mol. The number of nitrogens with two attached hydrogens (primary N) is 1. The largest absolute Gasteiger partial charge is 0.393 e. The molecule has 0 atom stereocenters. The summed E-state index contributed by atoms with van der Waals surface area (Å²) >= 11 is 5.09. The average molecular weight is 272 g/mol. The summed E-state index contributed by atoms with van der Waals surface area (Å²) in [4.78, 5) is 14.5. The molecule has 1 aliphatic rings. The first-order valence-electron chi connectivity index (χ1n) is 6.60. The van der Waals surface area contributed by atoms with Crippen LogP contribution in [-0.4, -0.2) is 40.6 Å². The summed E-state index contributed by atoms with van der Waals surface area (Å²) in [6.07, 6.45) is 2.66. The van der Waals surface area contributed by atoms with Gasteiger partial charge < -0.3 is 15.7 Å². The van der Waals surface area contributed by atoms with E-state index in [9.17, 15) is 9.90 Å². The van der Waals surface area contributed by atoms with E-state index in [1.807, 2.05) is 13.8 Å². The van der Waals surface area contributed by atoms with Crippen LogP contribution in [0.25, 0.3) is 0 Å². The van der Waals surface area contributed by atoms with E-state index in [1.54, 1.807) is 11.9 Å². The van der Waals surface area contributed by atoms with Crippen LogP contribution in [0.5, 0.6) is 0 Å². The van der Waals surface area contributed by atoms with Gasteiger partial charge in [0, 0.05) is 13.6 Å². The van der Waals surface area contributed by atoms with Gasteiger partial charge in [0.1, 0.15) is 0 Å². The molecule has 104 valence electrons. The number of hydrogen-bond donors (Lipinski definition) is 2. The van der Waals surface area contributed by atoms with Crippen LogP contribution in [0.3, 0.4) is 0 Å². The molecule has 0 bridgehead atoms. The number of aliphatic hydroxyl groups is 1. The van der Waals surface area contributed by atoms with Crippen molar-refractivity contribution in [3.05, 3.63) is 0 Å². The number of aliphatic hydroxyl groups excluding tert-OH is 1. The van der Waals surface area contributed by atoms with Crippen molar-refractivity contribution in [3.8, 4) is 0 Å². The lowest BCUT2D eigenvalue weighted by Gasteiger charge is -2.38. The zero-order valence-electron chi connectivity index (χ0n) is 11.5. The molecule has 18 heavy (non-hydrogen) atoms. The van der Waals surface area contributed by atoms with E-state index in [0.29, 0.717) is 25.3 Å². The minimum absolute atomic E-state index is 0.0152. The number of nitrogens with zero attached hydrogens (tertiary/aromatic N) is 1. The van der Waals surface area contributed by atoms with Crippen molar-refractivity contribution < 1.29 is 9.90 Å². The summed E-state index contributed by atoms with van der Waals surface area (Å²) < 4.78 is 0. The van der Waals surface area contributed by atoms with Gasteiger partial charge in [-0.3, -0.25) is 4.79 Å². The third kappa shape index (κ3) is 2.83. The Balaban J connectivity index is 2.68. The van der Waals surface area contributed by atoms with Crippen LogP contribution < -0.4 is 5.73 Å². The third-order valence-electron chi connectivity index (χ3n) is 4.18. The minimum atomic E-state index is -0.702. The molecule has 3 N–H and O–H groups in total. The van der Waals surface area contributed by atoms with Gasteiger partial charge in [-0.1, -0.05) is 26.1 Å². The van der Waals surface area contributed by atoms with Crippen molar-refractivity contribution in [2.24, 2.45) is 17.1 Å². The zero-order chi connectivity index (χ0) is 13.9. The SMILES string of the molecule is CCC(CC)(C(=O)N(C)CC1CC(O)C1)C(N)=S. The van der Waals surface area contributed by atoms with Crippen molar-refractivity contribution in [1.29, 1.82) is 0 Å². The van der Waals surface area contributed by atoms with Crippen molar-refractivity contribution in [2.75, 3.05) is 13.6 Å². The van der Waals surface area contributed by atoms with E-state index in [1.165, 1.54) is 0 Å². The van der Waals surface area contributed by atoms with Gasteiger partial charge in [-0.25, -0.2) is 0 Å². The van der Waals surface area contributed by atoms with Gasteiger partial charge in [-0.2, -0.15) is 0 Å². The maximum atomic E-state index is 12.5. The number of amides is 1. The maximum absolute atomic E-state index is 12.5. The first kappa shape index (κ1) is 15.4. The Kier molecular flexibility index (Phi) is 5.10. The minimum Gasteiger partial charge on any atom is -0.393 e. The first-order valence-corrected chi connectivity index (χ1v) is 7.01. The summed E-state index contributed by atoms with van der Waals surface area (Å²) in [5.74, 6) is 0.424. The Morgan fingerprint density at radius 2 is 1.94 bits per heavy atom. The molecule has 0 aliphatic heterocycles. The molecule has 0 heterocycles. The Morgan fingerprint density at radius 3 is 2.28 bits per heavy atom.